The van der Waals surface area contributed by atoms with Gasteiger partial charge >= 0.3 is 11.9 Å². The highest BCUT2D eigenvalue weighted by atomic mass is 16.5. The van der Waals surface area contributed by atoms with Gasteiger partial charge in [-0.2, -0.15) is 0 Å². The minimum Gasteiger partial charge on any atom is -0.465 e. The highest BCUT2D eigenvalue weighted by Gasteiger charge is 2.18. The van der Waals surface area contributed by atoms with Gasteiger partial charge in [-0.3, -0.25) is 4.90 Å². The summed E-state index contributed by atoms with van der Waals surface area (Å²) < 4.78 is 9.35. The van der Waals surface area contributed by atoms with Gasteiger partial charge in [-0.25, -0.2) is 9.59 Å². The van der Waals surface area contributed by atoms with Crippen LogP contribution in [0.1, 0.15) is 22.3 Å². The molecule has 0 aromatic heterocycles. The minimum absolute atomic E-state index is 0.152. The number of allylic oxidation sites excluding steroid dienone is 2. The van der Waals surface area contributed by atoms with Crippen LogP contribution in [0.3, 0.4) is 0 Å². The van der Waals surface area contributed by atoms with E-state index in [0.717, 1.165) is 31.6 Å². The molecule has 0 aliphatic carbocycles. The SMILES string of the molecule is COC(=O)C(=C/C=C/c1ccccc1CCN(Cc1ccccc1)Cc1ccccc1)C(=O)OC. The second-order valence-corrected chi connectivity index (χ2v) is 8.05. The molecule has 0 saturated carbocycles. The maximum absolute atomic E-state index is 11.9. The molecule has 3 aromatic rings. The molecule has 0 atom stereocenters. The number of rotatable bonds is 11. The fraction of sp³-hybridized carbons (Fsp3) is 0.200. The maximum atomic E-state index is 11.9. The zero-order chi connectivity index (χ0) is 24.9. The number of carbonyl (C=O) groups is 2. The van der Waals surface area contributed by atoms with Crippen molar-refractivity contribution in [2.75, 3.05) is 20.8 Å². The molecule has 3 rings (SSSR count). The first kappa shape index (κ1) is 25.7. The van der Waals surface area contributed by atoms with Crippen LogP contribution in [0.25, 0.3) is 6.08 Å². The maximum Gasteiger partial charge on any atom is 0.345 e. The van der Waals surface area contributed by atoms with E-state index in [1.165, 1.54) is 37.0 Å². The van der Waals surface area contributed by atoms with Gasteiger partial charge in [-0.05, 0) is 34.8 Å². The summed E-state index contributed by atoms with van der Waals surface area (Å²) in [6.45, 7) is 2.59. The summed E-state index contributed by atoms with van der Waals surface area (Å²) in [5.74, 6) is -1.46. The third-order valence-corrected chi connectivity index (χ3v) is 5.60. The van der Waals surface area contributed by atoms with Crippen molar-refractivity contribution in [2.24, 2.45) is 0 Å². The number of methoxy groups -OCH3 is 2. The molecule has 180 valence electrons. The molecular weight excluding hydrogens is 438 g/mol. The Bertz CT molecular complexity index is 1090. The zero-order valence-electron chi connectivity index (χ0n) is 20.2. The van der Waals surface area contributed by atoms with Crippen LogP contribution in [0.5, 0.6) is 0 Å². The third kappa shape index (κ3) is 8.09. The van der Waals surface area contributed by atoms with Crippen LogP contribution >= 0.6 is 0 Å². The fourth-order valence-electron chi connectivity index (χ4n) is 3.79. The van der Waals surface area contributed by atoms with Crippen molar-refractivity contribution in [1.29, 1.82) is 0 Å². The van der Waals surface area contributed by atoms with E-state index >= 15 is 0 Å². The van der Waals surface area contributed by atoms with Crippen LogP contribution in [-0.2, 0) is 38.6 Å². The summed E-state index contributed by atoms with van der Waals surface area (Å²) in [7, 11) is 2.46. The Kier molecular flexibility index (Phi) is 10.0. The number of hydrogen-bond acceptors (Lipinski definition) is 5. The number of esters is 2. The van der Waals surface area contributed by atoms with Gasteiger partial charge in [0.15, 0.2) is 0 Å². The van der Waals surface area contributed by atoms with Crippen LogP contribution in [0.2, 0.25) is 0 Å². The van der Waals surface area contributed by atoms with Crippen molar-refractivity contribution in [3.05, 3.63) is 125 Å². The second kappa shape index (κ2) is 13.7. The van der Waals surface area contributed by atoms with Crippen molar-refractivity contribution in [3.8, 4) is 0 Å². The Morgan fingerprint density at radius 2 is 1.26 bits per heavy atom. The van der Waals surface area contributed by atoms with E-state index in [1.807, 2.05) is 36.4 Å². The lowest BCUT2D eigenvalue weighted by Crippen LogP contribution is -2.25. The summed E-state index contributed by atoms with van der Waals surface area (Å²) in [5.41, 5.74) is 4.61. The molecule has 5 heteroatoms. The molecule has 3 aromatic carbocycles. The van der Waals surface area contributed by atoms with Crippen molar-refractivity contribution in [1.82, 2.24) is 4.90 Å². The van der Waals surface area contributed by atoms with Crippen LogP contribution < -0.4 is 0 Å². The summed E-state index contributed by atoms with van der Waals surface area (Å²) in [5, 5.41) is 0. The number of benzene rings is 3. The molecule has 0 saturated heterocycles. The fourth-order valence-corrected chi connectivity index (χ4v) is 3.79. The smallest absolute Gasteiger partial charge is 0.345 e. The predicted molar refractivity (Wildman–Crippen MR) is 138 cm³/mol. The monoisotopic (exact) mass is 469 g/mol. The van der Waals surface area contributed by atoms with E-state index in [-0.39, 0.29) is 5.57 Å². The summed E-state index contributed by atoms with van der Waals surface area (Å²) in [6, 6.07) is 29.1. The summed E-state index contributed by atoms with van der Waals surface area (Å²) in [4.78, 5) is 26.2. The van der Waals surface area contributed by atoms with Crippen LogP contribution in [-0.4, -0.2) is 37.6 Å². The normalized spacial score (nSPS) is 10.8. The predicted octanol–water partition coefficient (Wildman–Crippen LogP) is 5.22. The summed E-state index contributed by atoms with van der Waals surface area (Å²) in [6.07, 6.45) is 5.84. The Morgan fingerprint density at radius 1 is 0.743 bits per heavy atom. The van der Waals surface area contributed by atoms with Crippen LogP contribution in [0, 0.1) is 0 Å². The Balaban J connectivity index is 1.75. The molecule has 0 spiro atoms. The third-order valence-electron chi connectivity index (χ3n) is 5.60. The van der Waals surface area contributed by atoms with Gasteiger partial charge in [0.25, 0.3) is 0 Å². The summed E-state index contributed by atoms with van der Waals surface area (Å²) >= 11 is 0. The van der Waals surface area contributed by atoms with Crippen molar-refractivity contribution in [2.45, 2.75) is 19.5 Å². The molecule has 0 radical (unpaired) electrons. The van der Waals surface area contributed by atoms with Gasteiger partial charge in [-0.15, -0.1) is 0 Å². The Hall–Kier alpha value is -3.96. The van der Waals surface area contributed by atoms with E-state index in [4.69, 9.17) is 0 Å². The molecule has 0 N–H and O–H groups in total. The molecule has 0 aliphatic rings. The lowest BCUT2D eigenvalue weighted by Gasteiger charge is -2.23. The van der Waals surface area contributed by atoms with Crippen LogP contribution in [0.4, 0.5) is 0 Å². The van der Waals surface area contributed by atoms with E-state index < -0.39 is 11.9 Å². The highest BCUT2D eigenvalue weighted by Crippen LogP contribution is 2.16. The van der Waals surface area contributed by atoms with E-state index in [9.17, 15) is 9.59 Å². The molecule has 0 unspecified atom stereocenters. The van der Waals surface area contributed by atoms with E-state index in [0.29, 0.717) is 0 Å². The van der Waals surface area contributed by atoms with Gasteiger partial charge in [-0.1, -0.05) is 97.1 Å². The Morgan fingerprint density at radius 3 is 1.80 bits per heavy atom. The topological polar surface area (TPSA) is 55.8 Å². The molecule has 0 amide bonds. The molecule has 5 nitrogen and oxygen atoms in total. The first-order chi connectivity index (χ1) is 17.1. The number of hydrogen-bond donors (Lipinski definition) is 0. The lowest BCUT2D eigenvalue weighted by atomic mass is 10.0. The number of carbonyl (C=O) groups excluding carboxylic acids is 2. The number of ether oxygens (including phenoxy) is 2. The lowest BCUT2D eigenvalue weighted by molar-refractivity contribution is -0.144. The molecule has 35 heavy (non-hydrogen) atoms. The average Bonchev–Trinajstić information content (AvgIpc) is 2.90. The van der Waals surface area contributed by atoms with Gasteiger partial charge in [0.05, 0.1) is 14.2 Å². The average molecular weight is 470 g/mol. The van der Waals surface area contributed by atoms with Crippen LogP contribution in [0.15, 0.2) is 103 Å². The largest absolute Gasteiger partial charge is 0.465 e. The van der Waals surface area contributed by atoms with Crippen molar-refractivity contribution in [3.63, 3.8) is 0 Å². The number of nitrogens with zero attached hydrogens (tertiary/aromatic N) is 1. The standard InChI is InChI=1S/C30H31NO4/c1-34-29(32)28(30(33)35-2)19-11-18-26-16-9-10-17-27(26)20-21-31(22-24-12-5-3-6-13-24)23-25-14-7-4-8-15-25/h3-19H,20-23H2,1-2H3/b18-11+. The van der Waals surface area contributed by atoms with E-state index in [2.05, 4.69) is 69.0 Å². The van der Waals surface area contributed by atoms with Gasteiger partial charge in [0.1, 0.15) is 5.57 Å². The second-order valence-electron chi connectivity index (χ2n) is 8.05. The van der Waals surface area contributed by atoms with Gasteiger partial charge in [0.2, 0.25) is 0 Å². The Labute approximate surface area is 207 Å². The van der Waals surface area contributed by atoms with Crippen molar-refractivity contribution < 1.29 is 19.1 Å². The minimum atomic E-state index is -0.729. The first-order valence-corrected chi connectivity index (χ1v) is 11.5. The quantitative estimate of drug-likeness (QED) is 0.127. The molecule has 0 heterocycles. The molecule has 0 fully saturated rings. The van der Waals surface area contributed by atoms with E-state index in [1.54, 1.807) is 6.08 Å². The molecule has 0 aliphatic heterocycles. The first-order valence-electron chi connectivity index (χ1n) is 11.5. The zero-order valence-corrected chi connectivity index (χ0v) is 20.2. The highest BCUT2D eigenvalue weighted by molar-refractivity contribution is 6.14. The molecule has 0 bridgehead atoms. The molecular formula is C30H31NO4. The van der Waals surface area contributed by atoms with Gasteiger partial charge < -0.3 is 9.47 Å². The van der Waals surface area contributed by atoms with Crippen molar-refractivity contribution >= 4 is 18.0 Å². The van der Waals surface area contributed by atoms with Gasteiger partial charge in [0, 0.05) is 19.6 Å².